The van der Waals surface area contributed by atoms with Gasteiger partial charge in [0, 0.05) is 6.20 Å². The molecule has 2 aromatic rings. The van der Waals surface area contributed by atoms with Crippen LogP contribution in [0.3, 0.4) is 0 Å². The van der Waals surface area contributed by atoms with Crippen molar-refractivity contribution in [1.82, 2.24) is 14.8 Å². The van der Waals surface area contributed by atoms with E-state index in [2.05, 4.69) is 10.1 Å². The van der Waals surface area contributed by atoms with E-state index in [0.717, 1.165) is 16.3 Å². The Morgan fingerprint density at radius 1 is 1.47 bits per heavy atom. The van der Waals surface area contributed by atoms with Crippen LogP contribution in [0.4, 0.5) is 5.82 Å². The van der Waals surface area contributed by atoms with Gasteiger partial charge in [0.1, 0.15) is 5.82 Å². The van der Waals surface area contributed by atoms with Crippen LogP contribution in [0.25, 0.3) is 5.82 Å². The van der Waals surface area contributed by atoms with Gasteiger partial charge in [0.15, 0.2) is 5.82 Å². The highest BCUT2D eigenvalue weighted by Crippen LogP contribution is 2.23. The monoisotopic (exact) mass is 220 g/mol. The van der Waals surface area contributed by atoms with Crippen LogP contribution in [0.5, 0.6) is 0 Å². The van der Waals surface area contributed by atoms with Crippen molar-refractivity contribution in [3.63, 3.8) is 0 Å². The highest BCUT2D eigenvalue weighted by Gasteiger charge is 2.08. The van der Waals surface area contributed by atoms with E-state index >= 15 is 0 Å². The Balaban J connectivity index is 2.49. The lowest BCUT2D eigenvalue weighted by molar-refractivity contribution is 0.855. The van der Waals surface area contributed by atoms with E-state index in [0.29, 0.717) is 5.82 Å². The second kappa shape index (κ2) is 3.94. The maximum Gasteiger partial charge on any atom is 0.155 e. The van der Waals surface area contributed by atoms with Crippen LogP contribution in [0.15, 0.2) is 29.4 Å². The van der Waals surface area contributed by atoms with E-state index in [9.17, 15) is 0 Å². The van der Waals surface area contributed by atoms with Gasteiger partial charge in [0.05, 0.1) is 11.1 Å². The molecule has 2 rings (SSSR count). The van der Waals surface area contributed by atoms with E-state index in [-0.39, 0.29) is 0 Å². The first-order chi connectivity index (χ1) is 7.22. The molecule has 2 N–H and O–H groups in total. The molecule has 4 nitrogen and oxygen atoms in total. The SMILES string of the molecule is CSc1cnn(-c2cc(C)ccn2)c1N. The van der Waals surface area contributed by atoms with Crippen molar-refractivity contribution in [3.8, 4) is 5.82 Å². The fraction of sp³-hybridized carbons (Fsp3) is 0.200. The summed E-state index contributed by atoms with van der Waals surface area (Å²) in [6, 6.07) is 3.89. The number of nitrogen functional groups attached to an aromatic ring is 1. The quantitative estimate of drug-likeness (QED) is 0.785. The Bertz CT molecular complexity index is 478. The highest BCUT2D eigenvalue weighted by atomic mass is 32.2. The summed E-state index contributed by atoms with van der Waals surface area (Å²) in [6.45, 7) is 2.01. The van der Waals surface area contributed by atoms with E-state index in [1.54, 1.807) is 28.8 Å². The molecule has 2 aromatic heterocycles. The fourth-order valence-electron chi connectivity index (χ4n) is 1.32. The first kappa shape index (κ1) is 10.0. The highest BCUT2D eigenvalue weighted by molar-refractivity contribution is 7.98. The summed E-state index contributed by atoms with van der Waals surface area (Å²) in [7, 11) is 0. The van der Waals surface area contributed by atoms with Crippen LogP contribution in [-0.2, 0) is 0 Å². The van der Waals surface area contributed by atoms with Crippen molar-refractivity contribution in [2.45, 2.75) is 11.8 Å². The van der Waals surface area contributed by atoms with E-state index in [4.69, 9.17) is 5.73 Å². The van der Waals surface area contributed by atoms with Gasteiger partial charge in [-0.3, -0.25) is 0 Å². The second-order valence-electron chi connectivity index (χ2n) is 3.20. The van der Waals surface area contributed by atoms with Crippen molar-refractivity contribution in [3.05, 3.63) is 30.1 Å². The van der Waals surface area contributed by atoms with Crippen molar-refractivity contribution < 1.29 is 0 Å². The summed E-state index contributed by atoms with van der Waals surface area (Å²) in [4.78, 5) is 5.20. The van der Waals surface area contributed by atoms with Gasteiger partial charge >= 0.3 is 0 Å². The molecule has 0 aliphatic rings. The lowest BCUT2D eigenvalue weighted by atomic mass is 10.3. The van der Waals surface area contributed by atoms with Gasteiger partial charge < -0.3 is 5.73 Å². The molecular weight excluding hydrogens is 208 g/mol. The lowest BCUT2D eigenvalue weighted by Crippen LogP contribution is -2.04. The first-order valence-electron chi connectivity index (χ1n) is 4.53. The van der Waals surface area contributed by atoms with Gasteiger partial charge in [-0.15, -0.1) is 11.8 Å². The van der Waals surface area contributed by atoms with Crippen LogP contribution in [0.1, 0.15) is 5.56 Å². The molecule has 0 radical (unpaired) electrons. The largest absolute Gasteiger partial charge is 0.383 e. The molecule has 78 valence electrons. The van der Waals surface area contributed by atoms with Crippen molar-refractivity contribution >= 4 is 17.6 Å². The molecule has 0 amide bonds. The Morgan fingerprint density at radius 3 is 2.87 bits per heavy atom. The minimum atomic E-state index is 0.639. The maximum absolute atomic E-state index is 5.94. The zero-order valence-corrected chi connectivity index (χ0v) is 9.45. The van der Waals surface area contributed by atoms with E-state index in [1.165, 1.54) is 0 Å². The molecule has 0 aliphatic carbocycles. The minimum absolute atomic E-state index is 0.639. The Morgan fingerprint density at radius 2 is 2.27 bits per heavy atom. The number of hydrogen-bond acceptors (Lipinski definition) is 4. The molecule has 0 aliphatic heterocycles. The van der Waals surface area contributed by atoms with Crippen molar-refractivity contribution in [2.75, 3.05) is 12.0 Å². The molecule has 15 heavy (non-hydrogen) atoms. The molecule has 0 atom stereocenters. The standard InChI is InChI=1S/C10H12N4S/c1-7-3-4-12-9(5-7)14-10(11)8(15-2)6-13-14/h3-6H,11H2,1-2H3. The smallest absolute Gasteiger partial charge is 0.155 e. The van der Waals surface area contributed by atoms with Gasteiger partial charge in [-0.2, -0.15) is 9.78 Å². The summed E-state index contributed by atoms with van der Waals surface area (Å²) in [5.41, 5.74) is 7.08. The third kappa shape index (κ3) is 1.83. The van der Waals surface area contributed by atoms with Crippen molar-refractivity contribution in [2.24, 2.45) is 0 Å². The zero-order chi connectivity index (χ0) is 10.8. The second-order valence-corrected chi connectivity index (χ2v) is 4.05. The molecular formula is C10H12N4S. The van der Waals surface area contributed by atoms with Crippen LogP contribution >= 0.6 is 11.8 Å². The van der Waals surface area contributed by atoms with Crippen LogP contribution in [0.2, 0.25) is 0 Å². The number of thioether (sulfide) groups is 1. The van der Waals surface area contributed by atoms with Gasteiger partial charge in [0.25, 0.3) is 0 Å². The van der Waals surface area contributed by atoms with Crippen molar-refractivity contribution in [1.29, 1.82) is 0 Å². The topological polar surface area (TPSA) is 56.7 Å². The first-order valence-corrected chi connectivity index (χ1v) is 5.75. The van der Waals surface area contributed by atoms with E-state index in [1.807, 2.05) is 25.3 Å². The van der Waals surface area contributed by atoms with E-state index < -0.39 is 0 Å². The molecule has 0 saturated carbocycles. The number of nitrogens with two attached hydrogens (primary N) is 1. The summed E-state index contributed by atoms with van der Waals surface area (Å²) in [6.07, 6.45) is 5.48. The number of rotatable bonds is 2. The number of aromatic nitrogens is 3. The average Bonchev–Trinajstić information content (AvgIpc) is 2.59. The molecule has 0 fully saturated rings. The average molecular weight is 220 g/mol. The third-order valence-corrected chi connectivity index (χ3v) is 2.86. The van der Waals surface area contributed by atoms with Crippen LogP contribution in [0, 0.1) is 6.92 Å². The Labute approximate surface area is 92.5 Å². The zero-order valence-electron chi connectivity index (χ0n) is 8.64. The van der Waals surface area contributed by atoms with Gasteiger partial charge in [0.2, 0.25) is 0 Å². The Kier molecular flexibility index (Phi) is 2.64. The lowest BCUT2D eigenvalue weighted by Gasteiger charge is -2.03. The summed E-state index contributed by atoms with van der Waals surface area (Å²) >= 11 is 1.58. The Hall–Kier alpha value is -1.49. The number of hydrogen-bond donors (Lipinski definition) is 1. The molecule has 2 heterocycles. The predicted octanol–water partition coefficient (Wildman–Crippen LogP) is 1.88. The van der Waals surface area contributed by atoms with Gasteiger partial charge in [-0.05, 0) is 30.9 Å². The number of nitrogens with zero attached hydrogens (tertiary/aromatic N) is 3. The molecule has 0 aromatic carbocycles. The molecule has 5 heteroatoms. The number of pyridine rings is 1. The molecule has 0 bridgehead atoms. The maximum atomic E-state index is 5.94. The fourth-order valence-corrected chi connectivity index (χ4v) is 1.77. The molecule has 0 saturated heterocycles. The summed E-state index contributed by atoms with van der Waals surface area (Å²) < 4.78 is 1.65. The van der Waals surface area contributed by atoms with Crippen LogP contribution < -0.4 is 5.73 Å². The molecule has 0 unspecified atom stereocenters. The number of aryl methyl sites for hydroxylation is 1. The van der Waals surface area contributed by atoms with Gasteiger partial charge in [-0.1, -0.05) is 0 Å². The number of anilines is 1. The predicted molar refractivity (Wildman–Crippen MR) is 62.3 cm³/mol. The summed E-state index contributed by atoms with van der Waals surface area (Å²) in [5, 5.41) is 4.21. The minimum Gasteiger partial charge on any atom is -0.383 e. The molecule has 0 spiro atoms. The normalized spacial score (nSPS) is 10.5. The van der Waals surface area contributed by atoms with Gasteiger partial charge in [-0.25, -0.2) is 4.98 Å². The summed E-state index contributed by atoms with van der Waals surface area (Å²) in [5.74, 6) is 1.40. The van der Waals surface area contributed by atoms with Crippen LogP contribution in [-0.4, -0.2) is 21.0 Å². The third-order valence-electron chi connectivity index (χ3n) is 2.11.